The van der Waals surface area contributed by atoms with Gasteiger partial charge < -0.3 is 4.98 Å². The average molecular weight is 233 g/mol. The van der Waals surface area contributed by atoms with Gasteiger partial charge in [-0.25, -0.2) is 4.98 Å². The minimum Gasteiger partial charge on any atom is -0.348 e. The first-order chi connectivity index (χ1) is 8.26. The second-order valence-electron chi connectivity index (χ2n) is 5.82. The van der Waals surface area contributed by atoms with Crippen LogP contribution in [0.4, 0.5) is 0 Å². The van der Waals surface area contributed by atoms with Crippen molar-refractivity contribution < 1.29 is 0 Å². The number of aromatic amines is 1. The summed E-state index contributed by atoms with van der Waals surface area (Å²) in [6.45, 7) is 7.11. The summed E-state index contributed by atoms with van der Waals surface area (Å²) in [5, 5.41) is 0. The van der Waals surface area contributed by atoms with Gasteiger partial charge in [0, 0.05) is 25.2 Å². The lowest BCUT2D eigenvalue weighted by Gasteiger charge is -2.53. The van der Waals surface area contributed by atoms with Crippen LogP contribution < -0.4 is 0 Å². The lowest BCUT2D eigenvalue weighted by Crippen LogP contribution is -2.56. The molecule has 0 aromatic carbocycles. The van der Waals surface area contributed by atoms with Crippen LogP contribution in [-0.4, -0.2) is 28.0 Å². The molecule has 94 valence electrons. The molecule has 0 bridgehead atoms. The van der Waals surface area contributed by atoms with Gasteiger partial charge in [0.05, 0.1) is 17.6 Å². The molecule has 1 unspecified atom stereocenters. The molecule has 3 rings (SSSR count). The third-order valence-corrected chi connectivity index (χ3v) is 4.81. The van der Waals surface area contributed by atoms with Gasteiger partial charge in [-0.2, -0.15) is 0 Å². The van der Waals surface area contributed by atoms with Crippen molar-refractivity contribution in [3.63, 3.8) is 0 Å². The lowest BCUT2D eigenvalue weighted by molar-refractivity contribution is -0.0114. The van der Waals surface area contributed by atoms with E-state index in [9.17, 15) is 0 Å². The highest BCUT2D eigenvalue weighted by molar-refractivity contribution is 5.28. The van der Waals surface area contributed by atoms with Crippen molar-refractivity contribution in [3.05, 3.63) is 17.7 Å². The summed E-state index contributed by atoms with van der Waals surface area (Å²) in [4.78, 5) is 10.7. The van der Waals surface area contributed by atoms with E-state index in [1.807, 2.05) is 6.33 Å². The predicted octanol–water partition coefficient (Wildman–Crippen LogP) is 2.69. The molecule has 1 aliphatic carbocycles. The van der Waals surface area contributed by atoms with Gasteiger partial charge in [-0.05, 0) is 25.2 Å². The average Bonchev–Trinajstić information content (AvgIpc) is 2.74. The highest BCUT2D eigenvalue weighted by atomic mass is 15.2. The standard InChI is InChI=1S/C14H23N3/c1-3-11(2)9-17-8-5-12-13(16-10-15-12)14(17)6-4-7-14/h10-11H,3-9H2,1-2H3,(H,15,16). The number of nitrogens with zero attached hydrogens (tertiary/aromatic N) is 2. The summed E-state index contributed by atoms with van der Waals surface area (Å²) < 4.78 is 0. The molecule has 0 amide bonds. The zero-order valence-corrected chi connectivity index (χ0v) is 11.0. The first-order valence-electron chi connectivity index (χ1n) is 7.04. The first kappa shape index (κ1) is 11.3. The van der Waals surface area contributed by atoms with Crippen LogP contribution in [0.15, 0.2) is 6.33 Å². The van der Waals surface area contributed by atoms with E-state index >= 15 is 0 Å². The minimum absolute atomic E-state index is 0.303. The molecule has 0 radical (unpaired) electrons. The van der Waals surface area contributed by atoms with Crippen molar-refractivity contribution in [2.45, 2.75) is 51.5 Å². The third-order valence-electron chi connectivity index (χ3n) is 4.81. The molecule has 1 N–H and O–H groups in total. The fraction of sp³-hybridized carbons (Fsp3) is 0.786. The molecule has 1 saturated carbocycles. The van der Waals surface area contributed by atoms with Crippen LogP contribution >= 0.6 is 0 Å². The van der Waals surface area contributed by atoms with Gasteiger partial charge >= 0.3 is 0 Å². The highest BCUT2D eigenvalue weighted by Gasteiger charge is 2.48. The van der Waals surface area contributed by atoms with E-state index in [1.165, 1.54) is 50.2 Å². The number of nitrogens with one attached hydrogen (secondary N) is 1. The van der Waals surface area contributed by atoms with E-state index in [-0.39, 0.29) is 0 Å². The molecule has 1 spiro atoms. The van der Waals surface area contributed by atoms with Crippen molar-refractivity contribution in [1.82, 2.24) is 14.9 Å². The molecule has 2 heterocycles. The third kappa shape index (κ3) is 1.63. The summed E-state index contributed by atoms with van der Waals surface area (Å²) in [6, 6.07) is 0. The molecule has 1 aromatic heterocycles. The molecule has 1 fully saturated rings. The second kappa shape index (κ2) is 4.13. The topological polar surface area (TPSA) is 31.9 Å². The number of hydrogen-bond donors (Lipinski definition) is 1. The highest BCUT2D eigenvalue weighted by Crippen LogP contribution is 2.49. The molecular weight excluding hydrogens is 210 g/mol. The molecule has 3 heteroatoms. The molecule has 3 nitrogen and oxygen atoms in total. The quantitative estimate of drug-likeness (QED) is 0.870. The number of H-pyrrole nitrogens is 1. The van der Waals surface area contributed by atoms with Crippen molar-refractivity contribution in [1.29, 1.82) is 0 Å². The fourth-order valence-electron chi connectivity index (χ4n) is 3.36. The largest absolute Gasteiger partial charge is 0.348 e. The van der Waals surface area contributed by atoms with Gasteiger partial charge in [-0.1, -0.05) is 20.3 Å². The van der Waals surface area contributed by atoms with Crippen LogP contribution in [0.25, 0.3) is 0 Å². The number of fused-ring (bicyclic) bond motifs is 2. The zero-order valence-electron chi connectivity index (χ0n) is 11.0. The van der Waals surface area contributed by atoms with E-state index in [1.54, 1.807) is 0 Å². The summed E-state index contributed by atoms with van der Waals surface area (Å²) in [5.74, 6) is 0.799. The Hall–Kier alpha value is -0.830. The Morgan fingerprint density at radius 2 is 2.35 bits per heavy atom. The Kier molecular flexibility index (Phi) is 2.74. The van der Waals surface area contributed by atoms with Crippen molar-refractivity contribution in [2.24, 2.45) is 5.92 Å². The molecule has 1 aromatic rings. The Bertz CT molecular complexity index is 392. The van der Waals surface area contributed by atoms with E-state index < -0.39 is 0 Å². The Morgan fingerprint density at radius 1 is 1.53 bits per heavy atom. The van der Waals surface area contributed by atoms with E-state index in [0.29, 0.717) is 5.54 Å². The van der Waals surface area contributed by atoms with Gasteiger partial charge in [-0.3, -0.25) is 4.90 Å². The van der Waals surface area contributed by atoms with Crippen LogP contribution in [0, 0.1) is 5.92 Å². The summed E-state index contributed by atoms with van der Waals surface area (Å²) in [6.07, 6.45) is 8.29. The Balaban J connectivity index is 1.87. The Labute approximate surface area is 104 Å². The predicted molar refractivity (Wildman–Crippen MR) is 68.8 cm³/mol. The summed E-state index contributed by atoms with van der Waals surface area (Å²) >= 11 is 0. The maximum atomic E-state index is 4.62. The second-order valence-corrected chi connectivity index (χ2v) is 5.82. The van der Waals surface area contributed by atoms with E-state index in [4.69, 9.17) is 0 Å². The first-order valence-corrected chi connectivity index (χ1v) is 7.04. The van der Waals surface area contributed by atoms with Crippen molar-refractivity contribution in [2.75, 3.05) is 13.1 Å². The van der Waals surface area contributed by atoms with Crippen LogP contribution in [-0.2, 0) is 12.0 Å². The van der Waals surface area contributed by atoms with Crippen LogP contribution in [0.3, 0.4) is 0 Å². The normalized spacial score (nSPS) is 24.4. The Morgan fingerprint density at radius 3 is 3.00 bits per heavy atom. The van der Waals surface area contributed by atoms with Gasteiger partial charge in [0.15, 0.2) is 0 Å². The minimum atomic E-state index is 0.303. The smallest absolute Gasteiger partial charge is 0.0926 e. The van der Waals surface area contributed by atoms with Gasteiger partial charge in [-0.15, -0.1) is 0 Å². The molecule has 2 aliphatic rings. The number of aromatic nitrogens is 2. The van der Waals surface area contributed by atoms with Crippen molar-refractivity contribution in [3.8, 4) is 0 Å². The fourth-order valence-corrected chi connectivity index (χ4v) is 3.36. The number of imidazole rings is 1. The summed E-state index contributed by atoms with van der Waals surface area (Å²) in [5.41, 5.74) is 3.06. The van der Waals surface area contributed by atoms with Gasteiger partial charge in [0.25, 0.3) is 0 Å². The van der Waals surface area contributed by atoms with Crippen molar-refractivity contribution >= 4 is 0 Å². The molecule has 1 aliphatic heterocycles. The maximum Gasteiger partial charge on any atom is 0.0926 e. The van der Waals surface area contributed by atoms with Crippen LogP contribution in [0.2, 0.25) is 0 Å². The van der Waals surface area contributed by atoms with E-state index in [2.05, 4.69) is 28.7 Å². The van der Waals surface area contributed by atoms with Crippen LogP contribution in [0.1, 0.15) is 50.9 Å². The van der Waals surface area contributed by atoms with Gasteiger partial charge in [0.2, 0.25) is 0 Å². The molecule has 1 atom stereocenters. The van der Waals surface area contributed by atoms with E-state index in [0.717, 1.165) is 12.3 Å². The summed E-state index contributed by atoms with van der Waals surface area (Å²) in [7, 11) is 0. The van der Waals surface area contributed by atoms with Gasteiger partial charge in [0.1, 0.15) is 0 Å². The lowest BCUT2D eigenvalue weighted by atomic mass is 9.70. The molecule has 17 heavy (non-hydrogen) atoms. The SMILES string of the molecule is CCC(C)CN1CCc2[nH]cnc2C12CCC2. The molecular formula is C14H23N3. The van der Waals surface area contributed by atoms with Crippen LogP contribution in [0.5, 0.6) is 0 Å². The number of hydrogen-bond acceptors (Lipinski definition) is 2. The molecule has 0 saturated heterocycles. The number of rotatable bonds is 3. The monoisotopic (exact) mass is 233 g/mol. The maximum absolute atomic E-state index is 4.62. The zero-order chi connectivity index (χ0) is 11.9.